The largest absolute Gasteiger partial charge is 0.496 e. The lowest BCUT2D eigenvalue weighted by molar-refractivity contribution is 0.112. The number of carbonyl (C=O) groups is 1. The van der Waals surface area contributed by atoms with Crippen molar-refractivity contribution in [1.29, 1.82) is 0 Å². The number of aldehydes is 1. The van der Waals surface area contributed by atoms with Gasteiger partial charge in [0.25, 0.3) is 0 Å². The van der Waals surface area contributed by atoms with Crippen LogP contribution in [-0.4, -0.2) is 18.4 Å². The van der Waals surface area contributed by atoms with E-state index < -0.39 is 0 Å². The first-order valence-corrected chi connectivity index (χ1v) is 7.56. The standard InChI is InChI=1S/C20H19NO2/c1-12-13(2)20(23-4)19(14(3)18(12)11-22)17-7-5-6-15-10-21-9-8-16(15)17/h5-11H,1-4H3. The fraction of sp³-hybridized carbons (Fsp3) is 0.200. The van der Waals surface area contributed by atoms with Crippen LogP contribution in [0.1, 0.15) is 27.0 Å². The van der Waals surface area contributed by atoms with Crippen LogP contribution < -0.4 is 4.74 Å². The average Bonchev–Trinajstić information content (AvgIpc) is 2.58. The quantitative estimate of drug-likeness (QED) is 0.661. The molecule has 0 saturated carbocycles. The molecule has 0 N–H and O–H groups in total. The summed E-state index contributed by atoms with van der Waals surface area (Å²) in [6, 6.07) is 8.11. The van der Waals surface area contributed by atoms with Crippen LogP contribution in [0, 0.1) is 20.8 Å². The summed E-state index contributed by atoms with van der Waals surface area (Å²) in [4.78, 5) is 15.8. The molecule has 3 heteroatoms. The highest BCUT2D eigenvalue weighted by Crippen LogP contribution is 2.42. The summed E-state index contributed by atoms with van der Waals surface area (Å²) in [7, 11) is 1.68. The molecule has 0 unspecified atom stereocenters. The van der Waals surface area contributed by atoms with Crippen LogP contribution in [0.4, 0.5) is 0 Å². The van der Waals surface area contributed by atoms with Crippen molar-refractivity contribution in [1.82, 2.24) is 4.98 Å². The van der Waals surface area contributed by atoms with Gasteiger partial charge < -0.3 is 4.74 Å². The van der Waals surface area contributed by atoms with E-state index in [1.165, 1.54) is 0 Å². The Morgan fingerprint density at radius 3 is 2.52 bits per heavy atom. The fourth-order valence-corrected chi connectivity index (χ4v) is 3.24. The number of aromatic nitrogens is 1. The summed E-state index contributed by atoms with van der Waals surface area (Å²) in [5, 5.41) is 2.17. The van der Waals surface area contributed by atoms with Crippen LogP contribution in [0.3, 0.4) is 0 Å². The van der Waals surface area contributed by atoms with E-state index in [9.17, 15) is 4.79 Å². The Balaban J connectivity index is 2.48. The number of nitrogens with zero attached hydrogens (tertiary/aromatic N) is 1. The van der Waals surface area contributed by atoms with Crippen molar-refractivity contribution in [3.8, 4) is 16.9 Å². The molecule has 1 aromatic heterocycles. The number of hydrogen-bond donors (Lipinski definition) is 0. The molecule has 0 saturated heterocycles. The van der Waals surface area contributed by atoms with Crippen LogP contribution in [0.25, 0.3) is 21.9 Å². The van der Waals surface area contributed by atoms with E-state index in [0.29, 0.717) is 0 Å². The Labute approximate surface area is 135 Å². The van der Waals surface area contributed by atoms with Gasteiger partial charge in [-0.2, -0.15) is 0 Å². The zero-order valence-electron chi connectivity index (χ0n) is 13.8. The monoisotopic (exact) mass is 305 g/mol. The summed E-state index contributed by atoms with van der Waals surface area (Å²) in [6.07, 6.45) is 4.57. The molecule has 0 aliphatic rings. The summed E-state index contributed by atoms with van der Waals surface area (Å²) < 4.78 is 5.71. The molecule has 3 rings (SSSR count). The molecule has 116 valence electrons. The summed E-state index contributed by atoms with van der Waals surface area (Å²) in [5.41, 5.74) is 5.70. The van der Waals surface area contributed by atoms with Crippen molar-refractivity contribution >= 4 is 17.1 Å². The van der Waals surface area contributed by atoms with E-state index >= 15 is 0 Å². The molecule has 0 aliphatic carbocycles. The minimum Gasteiger partial charge on any atom is -0.496 e. The number of carbonyl (C=O) groups excluding carboxylic acids is 1. The predicted octanol–water partition coefficient (Wildman–Crippen LogP) is 4.65. The molecule has 23 heavy (non-hydrogen) atoms. The van der Waals surface area contributed by atoms with Crippen LogP contribution in [0.2, 0.25) is 0 Å². The molecular weight excluding hydrogens is 286 g/mol. The molecule has 1 heterocycles. The SMILES string of the molecule is COc1c(C)c(C)c(C=O)c(C)c1-c1cccc2cnccc12. The van der Waals surface area contributed by atoms with Gasteiger partial charge in [-0.05, 0) is 54.5 Å². The summed E-state index contributed by atoms with van der Waals surface area (Å²) in [6.45, 7) is 5.94. The Morgan fingerprint density at radius 2 is 1.83 bits per heavy atom. The summed E-state index contributed by atoms with van der Waals surface area (Å²) >= 11 is 0. The van der Waals surface area contributed by atoms with Crippen LogP contribution >= 0.6 is 0 Å². The number of pyridine rings is 1. The Hall–Kier alpha value is -2.68. The van der Waals surface area contributed by atoms with E-state index in [2.05, 4.69) is 11.1 Å². The van der Waals surface area contributed by atoms with Gasteiger partial charge in [0.05, 0.1) is 7.11 Å². The zero-order chi connectivity index (χ0) is 16.6. The Bertz CT molecular complexity index is 908. The second-order valence-corrected chi connectivity index (χ2v) is 5.72. The van der Waals surface area contributed by atoms with Gasteiger partial charge in [-0.3, -0.25) is 9.78 Å². The normalized spacial score (nSPS) is 10.8. The lowest BCUT2D eigenvalue weighted by Crippen LogP contribution is -2.03. The average molecular weight is 305 g/mol. The van der Waals surface area contributed by atoms with Crippen molar-refractivity contribution in [2.75, 3.05) is 7.11 Å². The minimum absolute atomic E-state index is 0.740. The Morgan fingerprint density at radius 1 is 1.04 bits per heavy atom. The second-order valence-electron chi connectivity index (χ2n) is 5.72. The third kappa shape index (κ3) is 2.29. The number of fused-ring (bicyclic) bond motifs is 1. The molecule has 0 bridgehead atoms. The van der Waals surface area contributed by atoms with Gasteiger partial charge in [0, 0.05) is 28.9 Å². The van der Waals surface area contributed by atoms with Crippen LogP contribution in [-0.2, 0) is 0 Å². The maximum atomic E-state index is 11.6. The maximum absolute atomic E-state index is 11.6. The molecule has 2 aromatic carbocycles. The molecule has 3 nitrogen and oxygen atoms in total. The molecular formula is C20H19NO2. The minimum atomic E-state index is 0.740. The molecule has 0 fully saturated rings. The van der Waals surface area contributed by atoms with E-state index in [1.807, 2.05) is 45.2 Å². The van der Waals surface area contributed by atoms with Gasteiger partial charge in [-0.1, -0.05) is 18.2 Å². The first-order valence-electron chi connectivity index (χ1n) is 7.56. The first kappa shape index (κ1) is 15.2. The van der Waals surface area contributed by atoms with Gasteiger partial charge in [0.15, 0.2) is 6.29 Å². The smallest absolute Gasteiger partial charge is 0.150 e. The number of hydrogen-bond acceptors (Lipinski definition) is 3. The van der Waals surface area contributed by atoms with Gasteiger partial charge in [-0.25, -0.2) is 0 Å². The van der Waals surface area contributed by atoms with Crippen molar-refractivity contribution in [3.05, 3.63) is 58.9 Å². The van der Waals surface area contributed by atoms with E-state index in [-0.39, 0.29) is 0 Å². The number of benzene rings is 2. The van der Waals surface area contributed by atoms with Crippen molar-refractivity contribution in [3.63, 3.8) is 0 Å². The van der Waals surface area contributed by atoms with Crippen LogP contribution in [0.15, 0.2) is 36.7 Å². The third-order valence-electron chi connectivity index (χ3n) is 4.59. The molecule has 0 amide bonds. The van der Waals surface area contributed by atoms with E-state index in [0.717, 1.165) is 56.2 Å². The summed E-state index contributed by atoms with van der Waals surface area (Å²) in [5.74, 6) is 0.829. The number of methoxy groups -OCH3 is 1. The van der Waals surface area contributed by atoms with Crippen molar-refractivity contribution in [2.24, 2.45) is 0 Å². The van der Waals surface area contributed by atoms with Gasteiger partial charge >= 0.3 is 0 Å². The molecule has 0 atom stereocenters. The maximum Gasteiger partial charge on any atom is 0.150 e. The van der Waals surface area contributed by atoms with Crippen molar-refractivity contribution in [2.45, 2.75) is 20.8 Å². The van der Waals surface area contributed by atoms with E-state index in [1.54, 1.807) is 13.3 Å². The molecule has 0 spiro atoms. The van der Waals surface area contributed by atoms with Crippen LogP contribution in [0.5, 0.6) is 5.75 Å². The van der Waals surface area contributed by atoms with Gasteiger partial charge in [-0.15, -0.1) is 0 Å². The lowest BCUT2D eigenvalue weighted by Gasteiger charge is -2.20. The predicted molar refractivity (Wildman–Crippen MR) is 93.3 cm³/mol. The molecule has 0 radical (unpaired) electrons. The van der Waals surface area contributed by atoms with Gasteiger partial charge in [0.2, 0.25) is 0 Å². The Kier molecular flexibility index (Phi) is 3.87. The number of ether oxygens (including phenoxy) is 1. The van der Waals surface area contributed by atoms with Gasteiger partial charge in [0.1, 0.15) is 5.75 Å². The first-order chi connectivity index (χ1) is 11.1. The third-order valence-corrected chi connectivity index (χ3v) is 4.59. The lowest BCUT2D eigenvalue weighted by atomic mass is 9.87. The molecule has 3 aromatic rings. The highest BCUT2D eigenvalue weighted by molar-refractivity contribution is 6.00. The molecule has 0 aliphatic heterocycles. The van der Waals surface area contributed by atoms with E-state index in [4.69, 9.17) is 4.74 Å². The highest BCUT2D eigenvalue weighted by Gasteiger charge is 2.20. The highest BCUT2D eigenvalue weighted by atomic mass is 16.5. The topological polar surface area (TPSA) is 39.2 Å². The zero-order valence-corrected chi connectivity index (χ0v) is 13.8. The second kappa shape index (κ2) is 5.84. The van der Waals surface area contributed by atoms with Crippen molar-refractivity contribution < 1.29 is 9.53 Å². The number of rotatable bonds is 3. The fourth-order valence-electron chi connectivity index (χ4n) is 3.24.